The molecule has 164 valence electrons. The van der Waals surface area contributed by atoms with E-state index in [1.165, 1.54) is 18.2 Å². The summed E-state index contributed by atoms with van der Waals surface area (Å²) < 4.78 is 16.6. The van der Waals surface area contributed by atoms with Crippen molar-refractivity contribution in [3.8, 4) is 28.4 Å². The zero-order chi connectivity index (χ0) is 22.2. The Bertz CT molecular complexity index is 1200. The van der Waals surface area contributed by atoms with Crippen LogP contribution in [0, 0.1) is 6.92 Å². The van der Waals surface area contributed by atoms with E-state index in [9.17, 15) is 9.90 Å². The molecule has 3 aromatic rings. The molecular formula is C27H26O5. The highest BCUT2D eigenvalue weighted by Crippen LogP contribution is 2.42. The summed E-state index contributed by atoms with van der Waals surface area (Å²) in [5, 5.41) is 10.2. The number of esters is 1. The maximum atomic E-state index is 11.6. The molecule has 1 N–H and O–H groups in total. The first-order chi connectivity index (χ1) is 15.5. The van der Waals surface area contributed by atoms with Gasteiger partial charge in [0.15, 0.2) is 0 Å². The van der Waals surface area contributed by atoms with Gasteiger partial charge in [-0.25, -0.2) is 0 Å². The number of methoxy groups -OCH3 is 1. The zero-order valence-corrected chi connectivity index (χ0v) is 18.3. The zero-order valence-electron chi connectivity index (χ0n) is 18.3. The SMILES string of the molecule is COC(=O)C[C@@H]1COc2cc(OCc3cccc(-c4c(C)cc(O)c5c4CC5)c3)ccc21. The summed E-state index contributed by atoms with van der Waals surface area (Å²) in [5.41, 5.74) is 7.92. The van der Waals surface area contributed by atoms with Crippen LogP contribution in [-0.2, 0) is 29.0 Å². The Morgan fingerprint density at radius 2 is 1.97 bits per heavy atom. The molecule has 0 bridgehead atoms. The monoisotopic (exact) mass is 430 g/mol. The van der Waals surface area contributed by atoms with Gasteiger partial charge in [-0.2, -0.15) is 0 Å². The van der Waals surface area contributed by atoms with Crippen LogP contribution in [0.5, 0.6) is 17.2 Å². The minimum absolute atomic E-state index is 0.0226. The van der Waals surface area contributed by atoms with Gasteiger partial charge in [0, 0.05) is 17.5 Å². The Morgan fingerprint density at radius 3 is 2.75 bits per heavy atom. The number of carbonyl (C=O) groups excluding carboxylic acids is 1. The maximum Gasteiger partial charge on any atom is 0.306 e. The Labute approximate surface area is 187 Å². The van der Waals surface area contributed by atoms with E-state index >= 15 is 0 Å². The van der Waals surface area contributed by atoms with Crippen LogP contribution in [0.15, 0.2) is 48.5 Å². The fraction of sp³-hybridized carbons (Fsp3) is 0.296. The summed E-state index contributed by atoms with van der Waals surface area (Å²) in [6.45, 7) is 2.97. The van der Waals surface area contributed by atoms with E-state index in [-0.39, 0.29) is 11.9 Å². The van der Waals surface area contributed by atoms with Crippen molar-refractivity contribution in [1.29, 1.82) is 0 Å². The third-order valence-electron chi connectivity index (χ3n) is 6.47. The average Bonchev–Trinajstić information content (AvgIpc) is 3.16. The van der Waals surface area contributed by atoms with Crippen LogP contribution >= 0.6 is 0 Å². The summed E-state index contributed by atoms with van der Waals surface area (Å²) >= 11 is 0. The Morgan fingerprint density at radius 1 is 1.12 bits per heavy atom. The highest BCUT2D eigenvalue weighted by molar-refractivity contribution is 5.76. The number of carbonyl (C=O) groups is 1. The minimum Gasteiger partial charge on any atom is -0.508 e. The second-order valence-corrected chi connectivity index (χ2v) is 8.52. The number of aromatic hydroxyl groups is 1. The molecule has 0 amide bonds. The van der Waals surface area contributed by atoms with Gasteiger partial charge in [-0.3, -0.25) is 4.79 Å². The van der Waals surface area contributed by atoms with Crippen LogP contribution in [0.3, 0.4) is 0 Å². The van der Waals surface area contributed by atoms with Gasteiger partial charge in [0.05, 0.1) is 20.1 Å². The molecule has 3 aromatic carbocycles. The van der Waals surface area contributed by atoms with Crippen molar-refractivity contribution in [1.82, 2.24) is 0 Å². The van der Waals surface area contributed by atoms with Crippen molar-refractivity contribution in [3.63, 3.8) is 0 Å². The number of phenols is 1. The van der Waals surface area contributed by atoms with Crippen molar-refractivity contribution in [2.24, 2.45) is 0 Å². The topological polar surface area (TPSA) is 65.0 Å². The number of hydrogen-bond donors (Lipinski definition) is 1. The summed E-state index contributed by atoms with van der Waals surface area (Å²) in [4.78, 5) is 11.6. The molecule has 1 aliphatic carbocycles. The second-order valence-electron chi connectivity index (χ2n) is 8.52. The van der Waals surface area contributed by atoms with E-state index in [2.05, 4.69) is 31.2 Å². The molecule has 0 saturated carbocycles. The van der Waals surface area contributed by atoms with Gasteiger partial charge in [-0.1, -0.05) is 24.3 Å². The van der Waals surface area contributed by atoms with Gasteiger partial charge in [0.25, 0.3) is 0 Å². The van der Waals surface area contributed by atoms with Gasteiger partial charge >= 0.3 is 5.97 Å². The Balaban J connectivity index is 1.31. The van der Waals surface area contributed by atoms with Crippen LogP contribution in [0.1, 0.15) is 40.2 Å². The molecule has 5 heteroatoms. The molecule has 5 rings (SSSR count). The molecule has 0 saturated heterocycles. The quantitative estimate of drug-likeness (QED) is 0.552. The normalized spacial score (nSPS) is 15.9. The molecule has 0 fully saturated rings. The van der Waals surface area contributed by atoms with E-state index < -0.39 is 0 Å². The molecule has 0 aromatic heterocycles. The van der Waals surface area contributed by atoms with Gasteiger partial charge in [0.2, 0.25) is 0 Å². The van der Waals surface area contributed by atoms with Crippen LogP contribution in [0.2, 0.25) is 0 Å². The largest absolute Gasteiger partial charge is 0.508 e. The van der Waals surface area contributed by atoms with E-state index in [1.54, 1.807) is 0 Å². The third-order valence-corrected chi connectivity index (χ3v) is 6.47. The Kier molecular flexibility index (Phi) is 5.25. The number of aryl methyl sites for hydroxylation is 1. The van der Waals surface area contributed by atoms with Gasteiger partial charge < -0.3 is 19.3 Å². The summed E-state index contributed by atoms with van der Waals surface area (Å²) in [6, 6.07) is 16.0. The maximum absolute atomic E-state index is 11.6. The first-order valence-electron chi connectivity index (χ1n) is 10.9. The lowest BCUT2D eigenvalue weighted by Crippen LogP contribution is -2.11. The van der Waals surface area contributed by atoms with Gasteiger partial charge in [0.1, 0.15) is 23.9 Å². The predicted octanol–water partition coefficient (Wildman–Crippen LogP) is 5.08. The van der Waals surface area contributed by atoms with Gasteiger partial charge in [-0.15, -0.1) is 0 Å². The van der Waals surface area contributed by atoms with Crippen molar-refractivity contribution in [2.45, 2.75) is 38.7 Å². The fourth-order valence-corrected chi connectivity index (χ4v) is 4.72. The van der Waals surface area contributed by atoms with E-state index in [1.807, 2.05) is 24.3 Å². The molecule has 1 aliphatic heterocycles. The van der Waals surface area contributed by atoms with Crippen LogP contribution in [-0.4, -0.2) is 24.8 Å². The van der Waals surface area contributed by atoms with Crippen molar-refractivity contribution in [3.05, 3.63) is 76.3 Å². The predicted molar refractivity (Wildman–Crippen MR) is 121 cm³/mol. The Hall–Kier alpha value is -3.47. The number of rotatable bonds is 6. The molecule has 1 atom stereocenters. The summed E-state index contributed by atoms with van der Waals surface area (Å²) in [5.74, 6) is 1.71. The number of benzene rings is 3. The molecule has 32 heavy (non-hydrogen) atoms. The highest BCUT2D eigenvalue weighted by Gasteiger charge is 2.27. The molecular weight excluding hydrogens is 404 g/mol. The van der Waals surface area contributed by atoms with Crippen molar-refractivity contribution < 1.29 is 24.1 Å². The first-order valence-corrected chi connectivity index (χ1v) is 10.9. The second kappa shape index (κ2) is 8.23. The van der Waals surface area contributed by atoms with Crippen molar-refractivity contribution in [2.75, 3.05) is 13.7 Å². The minimum atomic E-state index is -0.231. The smallest absolute Gasteiger partial charge is 0.306 e. The molecule has 0 unspecified atom stereocenters. The number of phenolic OH excluding ortho intramolecular Hbond substituents is 1. The molecule has 0 spiro atoms. The molecule has 0 radical (unpaired) electrons. The highest BCUT2D eigenvalue weighted by atomic mass is 16.5. The first kappa shape index (κ1) is 20.4. The van der Waals surface area contributed by atoms with E-state index in [4.69, 9.17) is 14.2 Å². The van der Waals surface area contributed by atoms with Crippen LogP contribution in [0.25, 0.3) is 11.1 Å². The van der Waals surface area contributed by atoms with Crippen molar-refractivity contribution >= 4 is 5.97 Å². The number of fused-ring (bicyclic) bond motifs is 2. The number of hydrogen-bond acceptors (Lipinski definition) is 5. The lowest BCUT2D eigenvalue weighted by molar-refractivity contribution is -0.141. The summed E-state index contributed by atoms with van der Waals surface area (Å²) in [6.07, 6.45) is 2.27. The molecule has 1 heterocycles. The van der Waals surface area contributed by atoms with Crippen LogP contribution < -0.4 is 9.47 Å². The lowest BCUT2D eigenvalue weighted by Gasteiger charge is -2.26. The standard InChI is InChI=1S/C27H26O5/c1-16-10-24(28)22-8-9-23(22)27(16)18-5-3-4-17(11-18)14-31-20-6-7-21-19(12-26(29)30-2)15-32-25(21)13-20/h3-7,10-11,13,19,28H,8-9,12,14-15H2,1-2H3/t19-/m1/s1. The average molecular weight is 431 g/mol. The van der Waals surface area contributed by atoms with E-state index in [0.717, 1.165) is 52.2 Å². The van der Waals surface area contributed by atoms with Gasteiger partial charge in [-0.05, 0) is 71.3 Å². The third kappa shape index (κ3) is 3.68. The number of ether oxygens (including phenoxy) is 3. The van der Waals surface area contributed by atoms with E-state index in [0.29, 0.717) is 25.4 Å². The molecule has 5 nitrogen and oxygen atoms in total. The lowest BCUT2D eigenvalue weighted by atomic mass is 9.79. The fourth-order valence-electron chi connectivity index (χ4n) is 4.72. The molecule has 2 aliphatic rings. The van der Waals surface area contributed by atoms with Crippen LogP contribution in [0.4, 0.5) is 0 Å². The summed E-state index contributed by atoms with van der Waals surface area (Å²) in [7, 11) is 1.40.